The number of carbonyl (C=O) groups excluding carboxylic acids is 3. The van der Waals surface area contributed by atoms with Gasteiger partial charge in [0.05, 0.1) is 19.5 Å². The predicted octanol–water partition coefficient (Wildman–Crippen LogP) is 3.73. The van der Waals surface area contributed by atoms with Crippen LogP contribution in [-0.2, 0) is 38.2 Å². The van der Waals surface area contributed by atoms with Crippen molar-refractivity contribution in [3.63, 3.8) is 0 Å². The fourth-order valence-corrected chi connectivity index (χ4v) is 8.88. The van der Waals surface area contributed by atoms with Crippen molar-refractivity contribution in [3.05, 3.63) is 11.6 Å². The summed E-state index contributed by atoms with van der Waals surface area (Å²) >= 11 is 0. The molecule has 0 aromatic carbocycles. The van der Waals surface area contributed by atoms with Crippen LogP contribution in [0.15, 0.2) is 11.6 Å². The van der Waals surface area contributed by atoms with Crippen LogP contribution in [0, 0.1) is 28.6 Å². The van der Waals surface area contributed by atoms with Crippen molar-refractivity contribution in [2.45, 2.75) is 90.3 Å². The Labute approximate surface area is 208 Å². The first kappa shape index (κ1) is 26.3. The number of esters is 2. The van der Waals surface area contributed by atoms with E-state index < -0.39 is 21.8 Å². The average molecular weight is 511 g/mol. The second-order valence-electron chi connectivity index (χ2n) is 11.6. The standard InChI is InChI=1S/C23H32O6S.C3H6O2/c1-21-9-6-15(24)12-14(21)4-5-16-17-7-10-23(11-8-19(25)28-23)22(17,2)13-18(20(16)21)29-30(3,26)27;1-3(4)5-2/h12,16-18,20H,4-11,13H2,1-3H3;1-2H3/t16?,17?,18-,20?,21?,22?,23-;/m1./s1. The lowest BCUT2D eigenvalue weighted by atomic mass is 9.45. The van der Waals surface area contributed by atoms with Crippen molar-refractivity contribution in [1.82, 2.24) is 0 Å². The normalized spacial score (nSPS) is 42.1. The summed E-state index contributed by atoms with van der Waals surface area (Å²) in [6.07, 6.45) is 9.18. The van der Waals surface area contributed by atoms with Gasteiger partial charge in [-0.15, -0.1) is 0 Å². The fraction of sp³-hybridized carbons (Fsp3) is 0.808. The minimum Gasteiger partial charge on any atom is -0.469 e. The Morgan fingerprint density at radius 1 is 1.09 bits per heavy atom. The Bertz CT molecular complexity index is 1050. The van der Waals surface area contributed by atoms with E-state index in [0.717, 1.165) is 44.8 Å². The van der Waals surface area contributed by atoms with Crippen molar-refractivity contribution < 1.29 is 36.5 Å². The summed E-state index contributed by atoms with van der Waals surface area (Å²) in [5.41, 5.74) is 0.192. The third kappa shape index (κ3) is 4.47. The zero-order valence-corrected chi connectivity index (χ0v) is 22.2. The molecule has 4 fully saturated rings. The van der Waals surface area contributed by atoms with Crippen molar-refractivity contribution in [2.75, 3.05) is 13.4 Å². The van der Waals surface area contributed by atoms with Crippen LogP contribution in [0.3, 0.4) is 0 Å². The highest BCUT2D eigenvalue weighted by Crippen LogP contribution is 2.70. The highest BCUT2D eigenvalue weighted by molar-refractivity contribution is 7.86. The maximum atomic E-state index is 12.3. The second-order valence-corrected chi connectivity index (χ2v) is 13.2. The molecular formula is C26H38O8S. The van der Waals surface area contributed by atoms with E-state index in [1.165, 1.54) is 19.6 Å². The lowest BCUT2D eigenvalue weighted by Gasteiger charge is -2.61. The molecule has 1 aliphatic heterocycles. The highest BCUT2D eigenvalue weighted by atomic mass is 32.2. The SMILES string of the molecule is CC12CCC(=O)C=C1CCC1C2[C@H](OS(C)(=O)=O)CC2(C)C1CC[C@@]21CCC(=O)O1.COC(C)=O. The molecule has 7 atom stereocenters. The molecule has 1 saturated heterocycles. The summed E-state index contributed by atoms with van der Waals surface area (Å²) in [6.45, 7) is 5.78. The van der Waals surface area contributed by atoms with Gasteiger partial charge >= 0.3 is 11.9 Å². The van der Waals surface area contributed by atoms with Crippen LogP contribution in [0.1, 0.15) is 78.6 Å². The molecule has 9 heteroatoms. The van der Waals surface area contributed by atoms with Gasteiger partial charge in [0.25, 0.3) is 10.1 Å². The lowest BCUT2D eigenvalue weighted by Crippen LogP contribution is -2.60. The number of ketones is 1. The van der Waals surface area contributed by atoms with Gasteiger partial charge in [0.1, 0.15) is 5.60 Å². The first-order chi connectivity index (χ1) is 16.2. The van der Waals surface area contributed by atoms with E-state index in [1.807, 2.05) is 6.08 Å². The number of rotatable bonds is 2. The molecule has 196 valence electrons. The van der Waals surface area contributed by atoms with Crippen LogP contribution in [0.5, 0.6) is 0 Å². The van der Waals surface area contributed by atoms with E-state index >= 15 is 0 Å². The van der Waals surface area contributed by atoms with E-state index in [1.54, 1.807) is 0 Å². The molecule has 3 saturated carbocycles. The molecule has 1 heterocycles. The van der Waals surface area contributed by atoms with Crippen LogP contribution in [0.4, 0.5) is 0 Å². The molecule has 5 unspecified atom stereocenters. The van der Waals surface area contributed by atoms with Crippen LogP contribution in [0.25, 0.3) is 0 Å². The molecule has 5 rings (SSSR count). The summed E-state index contributed by atoms with van der Waals surface area (Å²) < 4.78 is 40.5. The number of hydrogen-bond acceptors (Lipinski definition) is 8. The zero-order chi connectivity index (χ0) is 25.8. The van der Waals surface area contributed by atoms with E-state index in [0.29, 0.717) is 31.1 Å². The van der Waals surface area contributed by atoms with Gasteiger partial charge in [0.2, 0.25) is 0 Å². The van der Waals surface area contributed by atoms with Crippen LogP contribution in [0.2, 0.25) is 0 Å². The number of carbonyl (C=O) groups is 3. The van der Waals surface area contributed by atoms with Crippen LogP contribution >= 0.6 is 0 Å². The first-order valence-electron chi connectivity index (χ1n) is 12.6. The van der Waals surface area contributed by atoms with Gasteiger partial charge in [-0.1, -0.05) is 19.4 Å². The molecule has 4 aliphatic carbocycles. The molecule has 5 aliphatic rings. The van der Waals surface area contributed by atoms with Gasteiger partial charge in [-0.25, -0.2) is 0 Å². The van der Waals surface area contributed by atoms with Crippen molar-refractivity contribution in [3.8, 4) is 0 Å². The largest absolute Gasteiger partial charge is 0.469 e. The van der Waals surface area contributed by atoms with Gasteiger partial charge in [0, 0.05) is 25.2 Å². The molecule has 0 bridgehead atoms. The first-order valence-corrected chi connectivity index (χ1v) is 14.4. The quantitative estimate of drug-likeness (QED) is 0.408. The van der Waals surface area contributed by atoms with Crippen molar-refractivity contribution >= 4 is 27.8 Å². The summed E-state index contributed by atoms with van der Waals surface area (Å²) in [7, 11) is -2.30. The smallest absolute Gasteiger partial charge is 0.306 e. The number of ether oxygens (including phenoxy) is 2. The molecule has 1 spiro atoms. The third-order valence-corrected chi connectivity index (χ3v) is 10.4. The molecule has 35 heavy (non-hydrogen) atoms. The zero-order valence-electron chi connectivity index (χ0n) is 21.4. The number of methoxy groups -OCH3 is 1. The van der Waals surface area contributed by atoms with E-state index in [-0.39, 0.29) is 34.5 Å². The summed E-state index contributed by atoms with van der Waals surface area (Å²) in [5, 5.41) is 0. The molecule has 0 N–H and O–H groups in total. The number of allylic oxidation sites excluding steroid dienone is 1. The van der Waals surface area contributed by atoms with Gasteiger partial charge in [-0.3, -0.25) is 18.6 Å². The fourth-order valence-electron chi connectivity index (χ4n) is 8.24. The Hall–Kier alpha value is -1.74. The van der Waals surface area contributed by atoms with Crippen LogP contribution in [-0.4, -0.2) is 51.2 Å². The van der Waals surface area contributed by atoms with E-state index in [9.17, 15) is 22.8 Å². The molecule has 0 aromatic heterocycles. The number of fused-ring (bicyclic) bond motifs is 6. The average Bonchev–Trinajstić information content (AvgIpc) is 3.27. The van der Waals surface area contributed by atoms with Gasteiger partial charge < -0.3 is 9.47 Å². The van der Waals surface area contributed by atoms with Crippen molar-refractivity contribution in [2.24, 2.45) is 28.6 Å². The van der Waals surface area contributed by atoms with Gasteiger partial charge in [0.15, 0.2) is 5.78 Å². The minimum atomic E-state index is -3.65. The molecular weight excluding hydrogens is 472 g/mol. The molecule has 0 amide bonds. The second kappa shape index (κ2) is 8.98. The topological polar surface area (TPSA) is 113 Å². The lowest BCUT2D eigenvalue weighted by molar-refractivity contribution is -0.181. The highest BCUT2D eigenvalue weighted by Gasteiger charge is 2.69. The van der Waals surface area contributed by atoms with E-state index in [2.05, 4.69) is 18.6 Å². The maximum Gasteiger partial charge on any atom is 0.306 e. The van der Waals surface area contributed by atoms with Gasteiger partial charge in [-0.2, -0.15) is 8.42 Å². The minimum absolute atomic E-state index is 0.0608. The van der Waals surface area contributed by atoms with Gasteiger partial charge in [-0.05, 0) is 74.2 Å². The summed E-state index contributed by atoms with van der Waals surface area (Å²) in [4.78, 5) is 33.8. The van der Waals surface area contributed by atoms with Crippen LogP contribution < -0.4 is 0 Å². The molecule has 0 radical (unpaired) electrons. The molecule has 8 nitrogen and oxygen atoms in total. The Morgan fingerprint density at radius 2 is 1.77 bits per heavy atom. The maximum absolute atomic E-state index is 12.3. The third-order valence-electron chi connectivity index (χ3n) is 9.79. The Morgan fingerprint density at radius 3 is 2.34 bits per heavy atom. The van der Waals surface area contributed by atoms with E-state index in [4.69, 9.17) is 8.92 Å². The predicted molar refractivity (Wildman–Crippen MR) is 128 cm³/mol. The number of hydrogen-bond donors (Lipinski definition) is 0. The Balaban J connectivity index is 0.000000527. The summed E-state index contributed by atoms with van der Waals surface area (Å²) in [5.74, 6) is 0.551. The molecule has 0 aromatic rings. The van der Waals surface area contributed by atoms with Crippen molar-refractivity contribution in [1.29, 1.82) is 0 Å². The summed E-state index contributed by atoms with van der Waals surface area (Å²) in [6, 6.07) is 0. The monoisotopic (exact) mass is 510 g/mol. The Kier molecular flexibility index (Phi) is 6.75.